The zero-order valence-electron chi connectivity index (χ0n) is 20.7. The number of rotatable bonds is 5. The third-order valence-corrected chi connectivity index (χ3v) is 11.3. The molecule has 0 heterocycles. The molecular formula is C28H43BrFeNP. The number of hydrogen-bond acceptors (Lipinski definition) is 1. The van der Waals surface area contributed by atoms with E-state index >= 15 is 0 Å². The van der Waals surface area contributed by atoms with Crippen LogP contribution >= 0.6 is 23.9 Å². The summed E-state index contributed by atoms with van der Waals surface area (Å²) in [7, 11) is 4.08. The summed E-state index contributed by atoms with van der Waals surface area (Å²) in [6, 6.07) is 22.9. The first-order valence-corrected chi connectivity index (χ1v) is 13.6. The third-order valence-electron chi connectivity index (χ3n) is 6.66. The third kappa shape index (κ3) is 8.56. The van der Waals surface area contributed by atoms with Crippen LogP contribution < -0.4 is 10.6 Å². The van der Waals surface area contributed by atoms with Gasteiger partial charge < -0.3 is 19.8 Å². The molecule has 3 unspecified atom stereocenters. The van der Waals surface area contributed by atoms with Crippen LogP contribution in [-0.4, -0.2) is 35.5 Å². The molecule has 4 rings (SSSR count). The minimum absolute atomic E-state index is 0. The second-order valence-electron chi connectivity index (χ2n) is 8.77. The van der Waals surface area contributed by atoms with Crippen molar-refractivity contribution in [2.75, 3.05) is 14.1 Å². The van der Waals surface area contributed by atoms with E-state index in [0.717, 1.165) is 5.92 Å². The van der Waals surface area contributed by atoms with Gasteiger partial charge in [-0.15, -0.1) is 0 Å². The van der Waals surface area contributed by atoms with Gasteiger partial charge >= 0.3 is 17.1 Å². The van der Waals surface area contributed by atoms with E-state index < -0.39 is 0 Å². The zero-order valence-corrected chi connectivity index (χ0v) is 24.2. The van der Waals surface area contributed by atoms with E-state index in [9.17, 15) is 0 Å². The van der Waals surface area contributed by atoms with Gasteiger partial charge in [-0.1, -0.05) is 109 Å². The van der Waals surface area contributed by atoms with E-state index in [2.05, 4.69) is 103 Å². The molecule has 2 aliphatic rings. The van der Waals surface area contributed by atoms with Crippen LogP contribution in [0.1, 0.15) is 51.9 Å². The predicted molar refractivity (Wildman–Crippen MR) is 147 cm³/mol. The second-order valence-corrected chi connectivity index (χ2v) is 12.3. The van der Waals surface area contributed by atoms with Crippen LogP contribution in [0, 0.1) is 20.8 Å². The maximum absolute atomic E-state index is 4.12. The van der Waals surface area contributed by atoms with Crippen LogP contribution in [0.5, 0.6) is 0 Å². The Morgan fingerprint density at radius 1 is 0.781 bits per heavy atom. The van der Waals surface area contributed by atoms with Crippen LogP contribution in [0.2, 0.25) is 0 Å². The van der Waals surface area contributed by atoms with E-state index in [1.165, 1.54) is 55.6 Å². The zero-order chi connectivity index (χ0) is 20.6. The average molecular weight is 560 g/mol. The number of nitrogens with zero attached hydrogens (tertiary/aromatic N) is 1. The largest absolute Gasteiger partial charge is 2.00 e. The van der Waals surface area contributed by atoms with E-state index in [4.69, 9.17) is 0 Å². The fourth-order valence-electron chi connectivity index (χ4n) is 4.72. The van der Waals surface area contributed by atoms with Crippen molar-refractivity contribution in [2.24, 2.45) is 5.92 Å². The van der Waals surface area contributed by atoms with Crippen molar-refractivity contribution in [3.8, 4) is 0 Å². The molecule has 32 heavy (non-hydrogen) atoms. The average Bonchev–Trinajstić information content (AvgIpc) is 3.44. The summed E-state index contributed by atoms with van der Waals surface area (Å²) in [4.78, 5) is 2.95. The van der Waals surface area contributed by atoms with Gasteiger partial charge in [-0.05, 0) is 58.3 Å². The van der Waals surface area contributed by atoms with Gasteiger partial charge in [-0.2, -0.15) is 0 Å². The van der Waals surface area contributed by atoms with Crippen LogP contribution in [0.15, 0.2) is 60.7 Å². The molecule has 2 aromatic carbocycles. The van der Waals surface area contributed by atoms with Crippen LogP contribution in [0.4, 0.5) is 0 Å². The van der Waals surface area contributed by atoms with Gasteiger partial charge in [0.05, 0.1) is 0 Å². The van der Waals surface area contributed by atoms with Crippen LogP contribution in [-0.2, 0) is 17.1 Å². The van der Waals surface area contributed by atoms with E-state index in [1.54, 1.807) is 0 Å². The molecule has 0 aliphatic heterocycles. The van der Waals surface area contributed by atoms with E-state index in [0.29, 0.717) is 16.5 Å². The summed E-state index contributed by atoms with van der Waals surface area (Å²) in [5.74, 6) is 0.724. The van der Waals surface area contributed by atoms with Crippen molar-refractivity contribution < 1.29 is 17.1 Å². The molecule has 1 nitrogen and oxygen atoms in total. The molecule has 0 bridgehead atoms. The molecule has 0 aromatic heterocycles. The van der Waals surface area contributed by atoms with Crippen molar-refractivity contribution in [3.63, 3.8) is 0 Å². The summed E-state index contributed by atoms with van der Waals surface area (Å²) in [5, 5.41) is 3.01. The molecule has 2 saturated carbocycles. The predicted octanol–water partition coefficient (Wildman–Crippen LogP) is 7.46. The first kappa shape index (κ1) is 31.8. The minimum Gasteiger partial charge on any atom is -0.358 e. The molecule has 0 N–H and O–H groups in total. The van der Waals surface area contributed by atoms with Gasteiger partial charge in [0.1, 0.15) is 0 Å². The molecule has 0 radical (unpaired) electrons. The van der Waals surface area contributed by atoms with Gasteiger partial charge in [-0.25, -0.2) is 0 Å². The van der Waals surface area contributed by atoms with Crippen molar-refractivity contribution in [2.45, 2.75) is 68.4 Å². The maximum Gasteiger partial charge on any atom is 2.00 e. The van der Waals surface area contributed by atoms with Gasteiger partial charge in [-0.3, -0.25) is 0 Å². The van der Waals surface area contributed by atoms with Crippen LogP contribution in [0.3, 0.4) is 0 Å². The quantitative estimate of drug-likeness (QED) is 0.159. The molecule has 2 fully saturated rings. The number of alkyl halides is 1. The Morgan fingerprint density at radius 3 is 1.56 bits per heavy atom. The second kappa shape index (κ2) is 16.5. The molecule has 2 aliphatic carbocycles. The Kier molecular flexibility index (Phi) is 16.4. The molecule has 180 valence electrons. The van der Waals surface area contributed by atoms with Crippen molar-refractivity contribution >= 4 is 34.5 Å². The standard InChI is InChI=1S/C21H27BrNP.C5H10.2CH3.Fe/c1-16(23(2)3)19-14-15-20(21(19)22)24(17-10-6-4-7-11-17)18-12-8-5-9-13-18;1-2-4-5-3-1;;;/h4-13,16,19-21H,14-15H2,1-3H3;1-5H2;2*1H3;/q;;2*-1;+2/t16-,19?,20?,21?;;;;/m1..../s1. The summed E-state index contributed by atoms with van der Waals surface area (Å²) in [5.41, 5.74) is 0.706. The monoisotopic (exact) mass is 559 g/mol. The Labute approximate surface area is 219 Å². The van der Waals surface area contributed by atoms with E-state index in [1.807, 2.05) is 0 Å². The van der Waals surface area contributed by atoms with Gasteiger partial charge in [0.2, 0.25) is 0 Å². The smallest absolute Gasteiger partial charge is 0.358 e. The fraction of sp³-hybridized carbons (Fsp3) is 0.500. The SMILES string of the molecule is C1CCCC1.C[C@H](C1CCC(P(c2ccccc2)c2ccccc2)C1Br)N(C)C.[CH3-].[CH3-].[Fe+2]. The molecule has 2 aromatic rings. The first-order chi connectivity index (χ1) is 14.1. The van der Waals surface area contributed by atoms with Crippen molar-refractivity contribution in [3.05, 3.63) is 75.5 Å². The molecular weight excluding hydrogens is 517 g/mol. The minimum atomic E-state index is -0.327. The molecule has 4 heteroatoms. The number of benzene rings is 2. The van der Waals surface area contributed by atoms with Crippen molar-refractivity contribution in [1.29, 1.82) is 0 Å². The summed E-state index contributed by atoms with van der Waals surface area (Å²) in [6.45, 7) is 2.37. The Morgan fingerprint density at radius 2 is 1.19 bits per heavy atom. The molecule has 0 saturated heterocycles. The summed E-state index contributed by atoms with van der Waals surface area (Å²) < 4.78 is 0. The van der Waals surface area contributed by atoms with Crippen molar-refractivity contribution in [1.82, 2.24) is 4.90 Å². The number of halogens is 1. The summed E-state index contributed by atoms with van der Waals surface area (Å²) >= 11 is 4.12. The Hall–Kier alpha value is -0.171. The Bertz CT molecular complexity index is 661. The summed E-state index contributed by atoms with van der Waals surface area (Å²) in [6.07, 6.45) is 10.1. The molecule has 0 spiro atoms. The normalized spacial score (nSPS) is 22.8. The van der Waals surface area contributed by atoms with Gasteiger partial charge in [0.15, 0.2) is 0 Å². The first-order valence-electron chi connectivity index (χ1n) is 11.3. The topological polar surface area (TPSA) is 3.24 Å². The van der Waals surface area contributed by atoms with Crippen LogP contribution in [0.25, 0.3) is 0 Å². The molecule has 0 amide bonds. The molecule has 4 atom stereocenters. The van der Waals surface area contributed by atoms with Gasteiger partial charge in [0, 0.05) is 16.5 Å². The van der Waals surface area contributed by atoms with Gasteiger partial charge in [0.25, 0.3) is 0 Å². The van der Waals surface area contributed by atoms with E-state index in [-0.39, 0.29) is 39.8 Å². The number of hydrogen-bond donors (Lipinski definition) is 0. The maximum atomic E-state index is 4.12. The fourth-order valence-corrected chi connectivity index (χ4v) is 9.37. The Balaban J connectivity index is 0.00000106.